The maximum Gasteiger partial charge on any atom is 0.158 e. The van der Waals surface area contributed by atoms with E-state index in [2.05, 4.69) is 14.9 Å². The van der Waals surface area contributed by atoms with Crippen LogP contribution in [0.5, 0.6) is 0 Å². The van der Waals surface area contributed by atoms with Gasteiger partial charge in [-0.25, -0.2) is 9.97 Å². The highest BCUT2D eigenvalue weighted by atomic mass is 35.5. The molecule has 1 aliphatic heterocycles. The minimum absolute atomic E-state index is 0.437. The summed E-state index contributed by atoms with van der Waals surface area (Å²) in [5.41, 5.74) is 13.2. The molecule has 0 unspecified atom stereocenters. The Labute approximate surface area is 163 Å². The summed E-state index contributed by atoms with van der Waals surface area (Å²) in [6.45, 7) is 2.09. The van der Waals surface area contributed by atoms with E-state index in [0.717, 1.165) is 23.8 Å². The van der Waals surface area contributed by atoms with E-state index in [9.17, 15) is 0 Å². The van der Waals surface area contributed by atoms with Crippen LogP contribution in [0.15, 0.2) is 34.3 Å². The van der Waals surface area contributed by atoms with Crippen molar-refractivity contribution < 1.29 is 0 Å². The number of rotatable bonds is 3. The molecule has 1 aromatic heterocycles. The van der Waals surface area contributed by atoms with Crippen molar-refractivity contribution in [2.75, 3.05) is 29.5 Å². The SMILES string of the molecule is Nc1cccc(Sc2ncc(N3CCC4(CCCC4)CC3)nc2N)c1Cl. The van der Waals surface area contributed by atoms with Gasteiger partial charge in [0.15, 0.2) is 5.82 Å². The summed E-state index contributed by atoms with van der Waals surface area (Å²) < 4.78 is 0. The lowest BCUT2D eigenvalue weighted by Crippen LogP contribution is -2.39. The smallest absolute Gasteiger partial charge is 0.158 e. The first kappa shape index (κ1) is 17.7. The summed E-state index contributed by atoms with van der Waals surface area (Å²) in [7, 11) is 0. The molecule has 2 heterocycles. The maximum atomic E-state index is 6.26. The van der Waals surface area contributed by atoms with Crippen LogP contribution in [0.2, 0.25) is 5.02 Å². The van der Waals surface area contributed by atoms with Gasteiger partial charge in [0.25, 0.3) is 0 Å². The molecule has 4 rings (SSSR count). The highest BCUT2D eigenvalue weighted by Crippen LogP contribution is 2.46. The second-order valence-corrected chi connectivity index (χ2v) is 8.78. The van der Waals surface area contributed by atoms with Crippen LogP contribution in [0.4, 0.5) is 17.3 Å². The molecule has 0 amide bonds. The van der Waals surface area contributed by atoms with Gasteiger partial charge in [-0.1, -0.05) is 42.3 Å². The minimum Gasteiger partial charge on any atom is -0.397 e. The van der Waals surface area contributed by atoms with Crippen LogP contribution in [0, 0.1) is 5.41 Å². The van der Waals surface area contributed by atoms with Gasteiger partial charge in [-0.3, -0.25) is 0 Å². The third kappa shape index (κ3) is 3.45. The molecule has 2 aliphatic rings. The molecular formula is C19H24ClN5S. The van der Waals surface area contributed by atoms with E-state index in [-0.39, 0.29) is 0 Å². The number of nitrogens with two attached hydrogens (primary N) is 2. The lowest BCUT2D eigenvalue weighted by Gasteiger charge is -2.39. The lowest BCUT2D eigenvalue weighted by atomic mass is 9.77. The fourth-order valence-corrected chi connectivity index (χ4v) is 5.22. The maximum absolute atomic E-state index is 6.26. The van der Waals surface area contributed by atoms with E-state index in [1.807, 2.05) is 18.3 Å². The van der Waals surface area contributed by atoms with E-state index in [0.29, 0.717) is 27.0 Å². The molecule has 26 heavy (non-hydrogen) atoms. The van der Waals surface area contributed by atoms with Crippen LogP contribution in [0.3, 0.4) is 0 Å². The lowest BCUT2D eigenvalue weighted by molar-refractivity contribution is 0.226. The van der Waals surface area contributed by atoms with Crippen molar-refractivity contribution >= 4 is 40.7 Å². The molecule has 2 aromatic rings. The molecule has 7 heteroatoms. The molecule has 138 valence electrons. The number of nitrogen functional groups attached to an aromatic ring is 2. The molecular weight excluding hydrogens is 366 g/mol. The number of anilines is 3. The Morgan fingerprint density at radius 1 is 1.08 bits per heavy atom. The Morgan fingerprint density at radius 2 is 1.81 bits per heavy atom. The zero-order valence-electron chi connectivity index (χ0n) is 14.7. The molecule has 1 aromatic carbocycles. The predicted octanol–water partition coefficient (Wildman–Crippen LogP) is 4.61. The van der Waals surface area contributed by atoms with E-state index in [4.69, 9.17) is 23.1 Å². The summed E-state index contributed by atoms with van der Waals surface area (Å²) >= 11 is 7.66. The molecule has 0 radical (unpaired) electrons. The van der Waals surface area contributed by atoms with E-state index < -0.39 is 0 Å². The van der Waals surface area contributed by atoms with Crippen molar-refractivity contribution in [2.24, 2.45) is 5.41 Å². The van der Waals surface area contributed by atoms with Crippen molar-refractivity contribution in [3.63, 3.8) is 0 Å². The van der Waals surface area contributed by atoms with Crippen LogP contribution >= 0.6 is 23.4 Å². The van der Waals surface area contributed by atoms with Gasteiger partial charge >= 0.3 is 0 Å². The summed E-state index contributed by atoms with van der Waals surface area (Å²) in [5, 5.41) is 1.19. The van der Waals surface area contributed by atoms with Gasteiger partial charge in [0.2, 0.25) is 0 Å². The number of hydrogen-bond donors (Lipinski definition) is 2. The number of aromatic nitrogens is 2. The minimum atomic E-state index is 0.437. The van der Waals surface area contributed by atoms with Gasteiger partial charge in [0, 0.05) is 18.0 Å². The predicted molar refractivity (Wildman–Crippen MR) is 109 cm³/mol. The van der Waals surface area contributed by atoms with Crippen molar-refractivity contribution in [2.45, 2.75) is 48.4 Å². The quantitative estimate of drug-likeness (QED) is 0.746. The molecule has 2 fully saturated rings. The Bertz CT molecular complexity index is 797. The average Bonchev–Trinajstić information content (AvgIpc) is 3.09. The summed E-state index contributed by atoms with van der Waals surface area (Å²) in [4.78, 5) is 12.3. The molecule has 1 aliphatic carbocycles. The molecule has 1 saturated carbocycles. The second-order valence-electron chi connectivity index (χ2n) is 7.37. The van der Waals surface area contributed by atoms with Gasteiger partial charge in [0.05, 0.1) is 16.9 Å². The van der Waals surface area contributed by atoms with Gasteiger partial charge in [-0.2, -0.15) is 0 Å². The average molecular weight is 390 g/mol. The standard InChI is InChI=1S/C19H24ClN5S/c20-16-13(21)4-3-5-14(16)26-18-17(22)24-15(12-23-18)25-10-8-19(9-11-25)6-1-2-7-19/h3-5,12H,1-2,6-11,21H2,(H2,22,24). The number of halogens is 1. The van der Waals surface area contributed by atoms with Crippen LogP contribution in [0.1, 0.15) is 38.5 Å². The number of piperidine rings is 1. The molecule has 0 bridgehead atoms. The number of benzene rings is 1. The summed E-state index contributed by atoms with van der Waals surface area (Å²) in [6, 6.07) is 5.55. The number of hydrogen-bond acceptors (Lipinski definition) is 6. The normalized spacial score (nSPS) is 19.2. The van der Waals surface area contributed by atoms with Crippen LogP contribution in [-0.4, -0.2) is 23.1 Å². The first-order chi connectivity index (χ1) is 12.6. The van der Waals surface area contributed by atoms with Gasteiger partial charge in [0.1, 0.15) is 10.8 Å². The Hall–Kier alpha value is -1.66. The van der Waals surface area contributed by atoms with Crippen LogP contribution in [-0.2, 0) is 0 Å². The van der Waals surface area contributed by atoms with Crippen LogP contribution in [0.25, 0.3) is 0 Å². The Kier molecular flexibility index (Phi) is 4.88. The topological polar surface area (TPSA) is 81.1 Å². The van der Waals surface area contributed by atoms with E-state index in [1.165, 1.54) is 50.3 Å². The monoisotopic (exact) mass is 389 g/mol. The molecule has 0 atom stereocenters. The van der Waals surface area contributed by atoms with Gasteiger partial charge in [-0.05, 0) is 43.2 Å². The van der Waals surface area contributed by atoms with Crippen molar-refractivity contribution in [1.82, 2.24) is 9.97 Å². The third-order valence-corrected chi connectivity index (χ3v) is 7.37. The molecule has 4 N–H and O–H groups in total. The first-order valence-electron chi connectivity index (χ1n) is 9.16. The fraction of sp³-hybridized carbons (Fsp3) is 0.474. The van der Waals surface area contributed by atoms with Crippen molar-refractivity contribution in [3.05, 3.63) is 29.4 Å². The Morgan fingerprint density at radius 3 is 2.50 bits per heavy atom. The van der Waals surface area contributed by atoms with E-state index >= 15 is 0 Å². The summed E-state index contributed by atoms with van der Waals surface area (Å²) in [5.74, 6) is 1.31. The summed E-state index contributed by atoms with van der Waals surface area (Å²) in [6.07, 6.45) is 9.91. The second kappa shape index (κ2) is 7.16. The van der Waals surface area contributed by atoms with Crippen LogP contribution < -0.4 is 16.4 Å². The molecule has 1 spiro atoms. The van der Waals surface area contributed by atoms with Gasteiger partial charge < -0.3 is 16.4 Å². The van der Waals surface area contributed by atoms with Gasteiger partial charge in [-0.15, -0.1) is 0 Å². The third-order valence-electron chi connectivity index (χ3n) is 5.76. The zero-order chi connectivity index (χ0) is 18.1. The fourth-order valence-electron chi connectivity index (χ4n) is 4.16. The van der Waals surface area contributed by atoms with Crippen molar-refractivity contribution in [1.29, 1.82) is 0 Å². The Balaban J connectivity index is 1.47. The first-order valence-corrected chi connectivity index (χ1v) is 10.4. The zero-order valence-corrected chi connectivity index (χ0v) is 16.3. The highest BCUT2D eigenvalue weighted by molar-refractivity contribution is 7.99. The molecule has 5 nitrogen and oxygen atoms in total. The largest absolute Gasteiger partial charge is 0.397 e. The highest BCUT2D eigenvalue weighted by Gasteiger charge is 2.37. The number of nitrogens with zero attached hydrogens (tertiary/aromatic N) is 3. The molecule has 1 saturated heterocycles. The van der Waals surface area contributed by atoms with Crippen molar-refractivity contribution in [3.8, 4) is 0 Å². The van der Waals surface area contributed by atoms with E-state index in [1.54, 1.807) is 6.07 Å².